The van der Waals surface area contributed by atoms with Crippen LogP contribution in [-0.4, -0.2) is 32.7 Å². The van der Waals surface area contributed by atoms with Gasteiger partial charge in [-0.3, -0.25) is 9.67 Å². The maximum Gasteiger partial charge on any atom is 0.259 e. The van der Waals surface area contributed by atoms with Crippen molar-refractivity contribution in [2.45, 2.75) is 31.5 Å². The van der Waals surface area contributed by atoms with Gasteiger partial charge in [-0.15, -0.1) is 0 Å². The van der Waals surface area contributed by atoms with Gasteiger partial charge in [0.25, 0.3) is 10.0 Å². The monoisotopic (exact) mass is 360 g/mol. The molecular weight excluding hydrogens is 340 g/mol. The number of hydrogen-bond acceptors (Lipinski definition) is 5. The van der Waals surface area contributed by atoms with Crippen molar-refractivity contribution in [3.05, 3.63) is 48.8 Å². The zero-order valence-corrected chi connectivity index (χ0v) is 15.1. The van der Waals surface area contributed by atoms with E-state index < -0.39 is 10.0 Å². The van der Waals surface area contributed by atoms with Crippen LogP contribution in [-0.2, 0) is 23.6 Å². The number of aromatic nitrogens is 5. The Hall–Kier alpha value is -2.52. The molecule has 25 heavy (non-hydrogen) atoms. The molecule has 3 aromatic rings. The maximum atomic E-state index is 12.5. The number of nitrogens with one attached hydrogen (secondary N) is 1. The fourth-order valence-corrected chi connectivity index (χ4v) is 3.31. The summed E-state index contributed by atoms with van der Waals surface area (Å²) in [6.07, 6.45) is 8.25. The van der Waals surface area contributed by atoms with Crippen LogP contribution in [0.1, 0.15) is 25.5 Å². The minimum atomic E-state index is -3.70. The summed E-state index contributed by atoms with van der Waals surface area (Å²) in [5.41, 5.74) is 2.30. The quantitative estimate of drug-likeness (QED) is 0.722. The van der Waals surface area contributed by atoms with Gasteiger partial charge in [-0.2, -0.15) is 5.10 Å². The van der Waals surface area contributed by atoms with E-state index in [9.17, 15) is 8.42 Å². The number of hydrogen-bond donors (Lipinski definition) is 1. The molecule has 0 saturated carbocycles. The van der Waals surface area contributed by atoms with E-state index in [4.69, 9.17) is 0 Å². The molecule has 9 heteroatoms. The predicted molar refractivity (Wildman–Crippen MR) is 93.1 cm³/mol. The molecule has 0 amide bonds. The molecular formula is C16H20N6O2S. The van der Waals surface area contributed by atoms with Gasteiger partial charge in [0.15, 0.2) is 5.03 Å². The molecule has 8 nitrogen and oxygen atoms in total. The van der Waals surface area contributed by atoms with Crippen molar-refractivity contribution < 1.29 is 8.42 Å². The Morgan fingerprint density at radius 2 is 2.04 bits per heavy atom. The first kappa shape index (κ1) is 17.3. The van der Waals surface area contributed by atoms with Crippen LogP contribution in [0.15, 0.2) is 48.3 Å². The van der Waals surface area contributed by atoms with Crippen LogP contribution in [0.5, 0.6) is 0 Å². The van der Waals surface area contributed by atoms with Crippen molar-refractivity contribution in [2.75, 3.05) is 0 Å². The molecule has 0 aliphatic carbocycles. The molecule has 0 atom stereocenters. The lowest BCUT2D eigenvalue weighted by Gasteiger charge is -2.08. The SMILES string of the molecule is CC(C)n1cnc(S(=O)(=O)NCc2cccnc2-c2cnn(C)c2)c1. The van der Waals surface area contributed by atoms with Gasteiger partial charge in [0.2, 0.25) is 0 Å². The Balaban J connectivity index is 1.81. The van der Waals surface area contributed by atoms with Gasteiger partial charge in [0, 0.05) is 43.8 Å². The number of aryl methyl sites for hydroxylation is 1. The summed E-state index contributed by atoms with van der Waals surface area (Å²) in [5, 5.41) is 4.14. The topological polar surface area (TPSA) is 94.7 Å². The lowest BCUT2D eigenvalue weighted by atomic mass is 10.1. The summed E-state index contributed by atoms with van der Waals surface area (Å²) in [4.78, 5) is 8.34. The molecule has 0 fully saturated rings. The highest BCUT2D eigenvalue weighted by Gasteiger charge is 2.19. The molecule has 0 spiro atoms. The van der Waals surface area contributed by atoms with Gasteiger partial charge in [-0.25, -0.2) is 18.1 Å². The summed E-state index contributed by atoms with van der Waals surface area (Å²) >= 11 is 0. The first-order chi connectivity index (χ1) is 11.9. The Bertz CT molecular complexity index is 974. The molecule has 132 valence electrons. The van der Waals surface area contributed by atoms with Crippen molar-refractivity contribution in [1.82, 2.24) is 29.0 Å². The minimum absolute atomic E-state index is 0.00742. The lowest BCUT2D eigenvalue weighted by Crippen LogP contribution is -2.24. The molecule has 0 radical (unpaired) electrons. The van der Waals surface area contributed by atoms with E-state index >= 15 is 0 Å². The Morgan fingerprint density at radius 1 is 1.24 bits per heavy atom. The van der Waals surface area contributed by atoms with Crippen LogP contribution >= 0.6 is 0 Å². The van der Waals surface area contributed by atoms with Gasteiger partial charge >= 0.3 is 0 Å². The number of imidazole rings is 1. The zero-order chi connectivity index (χ0) is 18.0. The first-order valence-electron chi connectivity index (χ1n) is 7.83. The second-order valence-electron chi connectivity index (χ2n) is 5.99. The fraction of sp³-hybridized carbons (Fsp3) is 0.312. The summed E-state index contributed by atoms with van der Waals surface area (Å²) in [5.74, 6) is 0. The van der Waals surface area contributed by atoms with E-state index in [2.05, 4.69) is 19.8 Å². The summed E-state index contributed by atoms with van der Waals surface area (Å²) < 4.78 is 31.0. The van der Waals surface area contributed by atoms with E-state index in [1.807, 2.05) is 33.2 Å². The standard InChI is InChI=1S/C16H20N6O2S/c1-12(2)22-10-15(18-11-22)25(23,24)20-8-13-5-4-6-17-16(13)14-7-19-21(3)9-14/h4-7,9-12,20H,8H2,1-3H3. The van der Waals surface area contributed by atoms with Crippen LogP contribution in [0.2, 0.25) is 0 Å². The lowest BCUT2D eigenvalue weighted by molar-refractivity contribution is 0.576. The van der Waals surface area contributed by atoms with Crippen LogP contribution in [0, 0.1) is 0 Å². The molecule has 0 unspecified atom stereocenters. The maximum absolute atomic E-state index is 12.5. The number of rotatable bonds is 6. The van der Waals surface area contributed by atoms with Crippen LogP contribution in [0.3, 0.4) is 0 Å². The van der Waals surface area contributed by atoms with E-state index in [-0.39, 0.29) is 17.6 Å². The normalized spacial score (nSPS) is 12.0. The van der Waals surface area contributed by atoms with Crippen LogP contribution in [0.25, 0.3) is 11.3 Å². The van der Waals surface area contributed by atoms with Gasteiger partial charge < -0.3 is 4.57 Å². The second-order valence-corrected chi connectivity index (χ2v) is 7.71. The summed E-state index contributed by atoms with van der Waals surface area (Å²) in [7, 11) is -1.88. The molecule has 0 aliphatic heterocycles. The predicted octanol–water partition coefficient (Wildman–Crippen LogP) is 1.74. The third-order valence-corrected chi connectivity index (χ3v) is 5.06. The molecule has 3 heterocycles. The molecule has 0 aliphatic rings. The van der Waals surface area contributed by atoms with Gasteiger partial charge in [-0.05, 0) is 25.5 Å². The smallest absolute Gasteiger partial charge is 0.259 e. The highest BCUT2D eigenvalue weighted by Crippen LogP contribution is 2.20. The summed E-state index contributed by atoms with van der Waals surface area (Å²) in [6, 6.07) is 3.76. The van der Waals surface area contributed by atoms with Crippen LogP contribution in [0.4, 0.5) is 0 Å². The van der Waals surface area contributed by atoms with Crippen molar-refractivity contribution in [1.29, 1.82) is 0 Å². The zero-order valence-electron chi connectivity index (χ0n) is 14.3. The molecule has 1 N–H and O–H groups in total. The van der Waals surface area contributed by atoms with Gasteiger partial charge in [0.1, 0.15) is 0 Å². The molecule has 0 bridgehead atoms. The van der Waals surface area contributed by atoms with Crippen molar-refractivity contribution in [3.8, 4) is 11.3 Å². The van der Waals surface area contributed by atoms with E-state index in [1.54, 1.807) is 27.7 Å². The highest BCUT2D eigenvalue weighted by atomic mass is 32.2. The largest absolute Gasteiger partial charge is 0.334 e. The van der Waals surface area contributed by atoms with E-state index in [1.165, 1.54) is 12.5 Å². The van der Waals surface area contributed by atoms with E-state index in [0.29, 0.717) is 5.69 Å². The van der Waals surface area contributed by atoms with Crippen molar-refractivity contribution >= 4 is 10.0 Å². The number of nitrogens with zero attached hydrogens (tertiary/aromatic N) is 5. The Kier molecular flexibility index (Phi) is 4.69. The van der Waals surface area contributed by atoms with Crippen molar-refractivity contribution in [3.63, 3.8) is 0 Å². The number of pyridine rings is 1. The molecule has 0 saturated heterocycles. The Morgan fingerprint density at radius 3 is 2.68 bits per heavy atom. The number of sulfonamides is 1. The Labute approximate surface area is 146 Å². The van der Waals surface area contributed by atoms with Gasteiger partial charge in [0.05, 0.1) is 18.2 Å². The third kappa shape index (κ3) is 3.77. The van der Waals surface area contributed by atoms with Crippen LogP contribution < -0.4 is 4.72 Å². The fourth-order valence-electron chi connectivity index (χ4n) is 2.37. The molecule has 3 rings (SSSR count). The molecule has 3 aromatic heterocycles. The average molecular weight is 360 g/mol. The first-order valence-corrected chi connectivity index (χ1v) is 9.31. The summed E-state index contributed by atoms with van der Waals surface area (Å²) in [6.45, 7) is 4.04. The van der Waals surface area contributed by atoms with E-state index in [0.717, 1.165) is 11.1 Å². The average Bonchev–Trinajstić information content (AvgIpc) is 3.23. The van der Waals surface area contributed by atoms with Crippen molar-refractivity contribution in [2.24, 2.45) is 7.05 Å². The third-order valence-electron chi connectivity index (χ3n) is 3.77. The van der Waals surface area contributed by atoms with Gasteiger partial charge in [-0.1, -0.05) is 6.07 Å². The minimum Gasteiger partial charge on any atom is -0.334 e. The second kappa shape index (κ2) is 6.77. The molecule has 0 aromatic carbocycles. The highest BCUT2D eigenvalue weighted by molar-refractivity contribution is 7.89.